The number of carbonyl (C=O) groups is 2. The van der Waals surface area contributed by atoms with E-state index in [1.807, 2.05) is 18.2 Å². The Balaban J connectivity index is 1.56. The molecule has 3 aromatic rings. The Hall–Kier alpha value is -3.42. The number of rotatable bonds is 4. The summed E-state index contributed by atoms with van der Waals surface area (Å²) in [5.74, 6) is -0.647. The zero-order valence-corrected chi connectivity index (χ0v) is 14.6. The van der Waals surface area contributed by atoms with E-state index < -0.39 is 18.0 Å². The number of ether oxygens (including phenoxy) is 1. The fourth-order valence-electron chi connectivity index (χ4n) is 3.08. The number of hydrogen-bond donors (Lipinski definition) is 1. The number of cyclic esters (lactones) is 1. The van der Waals surface area contributed by atoms with Crippen molar-refractivity contribution < 1.29 is 18.7 Å². The Morgan fingerprint density at radius 2 is 2.19 bits per heavy atom. The Morgan fingerprint density at radius 3 is 2.96 bits per heavy atom. The lowest BCUT2D eigenvalue weighted by molar-refractivity contribution is -0.119. The molecule has 3 heterocycles. The molecular weight excluding hydrogens is 351 g/mol. The van der Waals surface area contributed by atoms with Gasteiger partial charge in [0, 0.05) is 30.4 Å². The number of nitrogens with zero attached hydrogens (tertiary/aromatic N) is 3. The second-order valence-corrected chi connectivity index (χ2v) is 6.34. The molecule has 0 unspecified atom stereocenters. The van der Waals surface area contributed by atoms with E-state index in [9.17, 15) is 14.0 Å². The number of aromatic nitrogens is 2. The van der Waals surface area contributed by atoms with Gasteiger partial charge in [0.25, 0.3) is 0 Å². The van der Waals surface area contributed by atoms with Gasteiger partial charge in [0.15, 0.2) is 0 Å². The topological polar surface area (TPSA) is 75.9 Å². The van der Waals surface area contributed by atoms with Crippen LogP contribution in [-0.4, -0.2) is 40.8 Å². The van der Waals surface area contributed by atoms with Gasteiger partial charge in [0.2, 0.25) is 5.91 Å². The number of benzene rings is 1. The summed E-state index contributed by atoms with van der Waals surface area (Å²) in [6, 6.07) is 10.2. The molecule has 2 amide bonds. The molecule has 0 radical (unpaired) electrons. The highest BCUT2D eigenvalue weighted by atomic mass is 19.1. The molecule has 0 saturated carbocycles. The second-order valence-electron chi connectivity index (χ2n) is 6.34. The predicted molar refractivity (Wildman–Crippen MR) is 96.9 cm³/mol. The van der Waals surface area contributed by atoms with Crippen LogP contribution < -0.4 is 10.2 Å². The Morgan fingerprint density at radius 1 is 1.33 bits per heavy atom. The van der Waals surface area contributed by atoms with Gasteiger partial charge in [0.05, 0.1) is 24.3 Å². The molecule has 0 aliphatic carbocycles. The quantitative estimate of drug-likeness (QED) is 0.768. The molecule has 1 saturated heterocycles. The van der Waals surface area contributed by atoms with E-state index in [-0.39, 0.29) is 19.0 Å². The highest BCUT2D eigenvalue weighted by Crippen LogP contribution is 2.29. The lowest BCUT2D eigenvalue weighted by Gasteiger charge is -2.14. The van der Waals surface area contributed by atoms with Gasteiger partial charge >= 0.3 is 6.09 Å². The molecule has 1 aliphatic heterocycles. The predicted octanol–water partition coefficient (Wildman–Crippen LogP) is 2.60. The summed E-state index contributed by atoms with van der Waals surface area (Å²) in [6.07, 6.45) is 2.40. The van der Waals surface area contributed by atoms with Crippen LogP contribution in [0.5, 0.6) is 0 Å². The normalized spacial score (nSPS) is 16.6. The highest BCUT2D eigenvalue weighted by Gasteiger charge is 2.32. The molecule has 4 rings (SSSR count). The van der Waals surface area contributed by atoms with Gasteiger partial charge in [-0.1, -0.05) is 6.07 Å². The van der Waals surface area contributed by atoms with Gasteiger partial charge in [-0.05, 0) is 30.3 Å². The van der Waals surface area contributed by atoms with Crippen LogP contribution in [0.15, 0.2) is 48.8 Å². The van der Waals surface area contributed by atoms with Crippen LogP contribution in [0.2, 0.25) is 0 Å². The fourth-order valence-corrected chi connectivity index (χ4v) is 3.08. The summed E-state index contributed by atoms with van der Waals surface area (Å²) in [5.41, 5.74) is 2.42. The smallest absolute Gasteiger partial charge is 0.414 e. The van der Waals surface area contributed by atoms with E-state index >= 15 is 0 Å². The van der Waals surface area contributed by atoms with Crippen LogP contribution in [0, 0.1) is 5.82 Å². The molecule has 138 valence electrons. The molecule has 1 aliphatic rings. The first-order valence-electron chi connectivity index (χ1n) is 8.47. The van der Waals surface area contributed by atoms with Gasteiger partial charge < -0.3 is 10.1 Å². The van der Waals surface area contributed by atoms with Crippen molar-refractivity contribution in [1.82, 2.24) is 14.9 Å². The van der Waals surface area contributed by atoms with Crippen molar-refractivity contribution in [3.63, 3.8) is 0 Å². The first kappa shape index (κ1) is 17.0. The summed E-state index contributed by atoms with van der Waals surface area (Å²) in [7, 11) is 0. The molecule has 27 heavy (non-hydrogen) atoms. The van der Waals surface area contributed by atoms with E-state index in [2.05, 4.69) is 10.4 Å². The zero-order valence-electron chi connectivity index (χ0n) is 14.6. The van der Waals surface area contributed by atoms with Crippen molar-refractivity contribution >= 4 is 23.2 Å². The largest absolute Gasteiger partial charge is 0.442 e. The second kappa shape index (κ2) is 6.71. The van der Waals surface area contributed by atoms with Crippen LogP contribution in [-0.2, 0) is 9.53 Å². The first-order valence-corrected chi connectivity index (χ1v) is 8.47. The van der Waals surface area contributed by atoms with E-state index in [1.54, 1.807) is 29.0 Å². The van der Waals surface area contributed by atoms with Crippen molar-refractivity contribution in [2.24, 2.45) is 0 Å². The van der Waals surface area contributed by atoms with Crippen LogP contribution in [0.3, 0.4) is 0 Å². The van der Waals surface area contributed by atoms with Crippen LogP contribution in [0.1, 0.15) is 6.92 Å². The van der Waals surface area contributed by atoms with E-state index in [4.69, 9.17) is 4.74 Å². The average Bonchev–Trinajstić information content (AvgIpc) is 3.25. The van der Waals surface area contributed by atoms with Gasteiger partial charge in [-0.3, -0.25) is 9.69 Å². The number of hydrogen-bond acceptors (Lipinski definition) is 4. The number of nitrogens with one attached hydrogen (secondary N) is 1. The van der Waals surface area contributed by atoms with Gasteiger partial charge in [0.1, 0.15) is 11.9 Å². The standard InChI is InChI=1S/C19H17FN4O3/c1-12(25)21-9-16-11-23(19(26)27-16)15-4-5-17(18(20)8-15)13-2-3-14-6-7-22-24(14)10-13/h2-8,10,16H,9,11H2,1H3,(H,21,25)/t16-/m1/s1. The lowest BCUT2D eigenvalue weighted by atomic mass is 10.1. The maximum Gasteiger partial charge on any atom is 0.414 e. The molecule has 1 atom stereocenters. The maximum atomic E-state index is 14.7. The molecule has 1 fully saturated rings. The van der Waals surface area contributed by atoms with Gasteiger partial charge in [-0.25, -0.2) is 13.7 Å². The first-order chi connectivity index (χ1) is 13.0. The summed E-state index contributed by atoms with van der Waals surface area (Å²) >= 11 is 0. The molecule has 7 nitrogen and oxygen atoms in total. The number of carbonyl (C=O) groups excluding carboxylic acids is 2. The van der Waals surface area contributed by atoms with Crippen molar-refractivity contribution in [2.45, 2.75) is 13.0 Å². The zero-order chi connectivity index (χ0) is 19.0. The third kappa shape index (κ3) is 3.33. The van der Waals surface area contributed by atoms with Crippen LogP contribution in [0.4, 0.5) is 14.9 Å². The average molecular weight is 368 g/mol. The summed E-state index contributed by atoms with van der Waals surface area (Å²) in [4.78, 5) is 24.4. The summed E-state index contributed by atoms with van der Waals surface area (Å²) < 4.78 is 21.6. The van der Waals surface area contributed by atoms with E-state index in [0.717, 1.165) is 5.52 Å². The van der Waals surface area contributed by atoms with Gasteiger partial charge in [-0.15, -0.1) is 0 Å². The Labute approximate surface area is 154 Å². The van der Waals surface area contributed by atoms with Gasteiger partial charge in [-0.2, -0.15) is 5.10 Å². The number of fused-ring (bicyclic) bond motifs is 1. The van der Waals surface area contributed by atoms with Crippen LogP contribution in [0.25, 0.3) is 16.6 Å². The molecular formula is C19H17FN4O3. The van der Waals surface area contributed by atoms with Crippen molar-refractivity contribution in [3.05, 3.63) is 54.6 Å². The summed E-state index contributed by atoms with van der Waals surface area (Å²) in [6.45, 7) is 1.86. The van der Waals surface area contributed by atoms with E-state index in [0.29, 0.717) is 16.8 Å². The fraction of sp³-hybridized carbons (Fsp3) is 0.211. The SMILES string of the molecule is CC(=O)NC[C@@H]1CN(c2ccc(-c3ccc4ccnn4c3)c(F)c2)C(=O)O1. The minimum Gasteiger partial charge on any atom is -0.442 e. The Kier molecular flexibility index (Phi) is 4.23. The monoisotopic (exact) mass is 368 g/mol. The minimum absolute atomic E-state index is 0.200. The Bertz CT molecular complexity index is 1030. The molecule has 1 aromatic carbocycles. The number of halogens is 1. The number of amides is 2. The van der Waals surface area contributed by atoms with Crippen molar-refractivity contribution in [3.8, 4) is 11.1 Å². The molecule has 0 bridgehead atoms. The van der Waals surface area contributed by atoms with E-state index in [1.165, 1.54) is 17.9 Å². The minimum atomic E-state index is -0.560. The molecule has 0 spiro atoms. The highest BCUT2D eigenvalue weighted by molar-refractivity contribution is 5.90. The third-order valence-corrected chi connectivity index (χ3v) is 4.42. The number of pyridine rings is 1. The number of anilines is 1. The van der Waals surface area contributed by atoms with Crippen molar-refractivity contribution in [2.75, 3.05) is 18.0 Å². The molecule has 8 heteroatoms. The molecule has 2 aromatic heterocycles. The van der Waals surface area contributed by atoms with Crippen molar-refractivity contribution in [1.29, 1.82) is 0 Å². The maximum absolute atomic E-state index is 14.7. The van der Waals surface area contributed by atoms with Crippen LogP contribution >= 0.6 is 0 Å². The lowest BCUT2D eigenvalue weighted by Crippen LogP contribution is -2.33. The third-order valence-electron chi connectivity index (χ3n) is 4.42. The molecule has 1 N–H and O–H groups in total. The summed E-state index contributed by atoms with van der Waals surface area (Å²) in [5, 5.41) is 6.77.